The van der Waals surface area contributed by atoms with E-state index in [1.54, 1.807) is 18.2 Å². The summed E-state index contributed by atoms with van der Waals surface area (Å²) in [6.07, 6.45) is 4.32. The number of likely N-dealkylation sites (tertiary alicyclic amines) is 1. The Balaban J connectivity index is 1.57. The Kier molecular flexibility index (Phi) is 5.48. The summed E-state index contributed by atoms with van der Waals surface area (Å²) >= 11 is 0. The molecule has 1 aromatic heterocycles. The molecule has 1 saturated heterocycles. The number of rotatable bonds is 5. The molecule has 3 rings (SSSR count). The van der Waals surface area contributed by atoms with Gasteiger partial charge in [0.05, 0.1) is 11.8 Å². The summed E-state index contributed by atoms with van der Waals surface area (Å²) in [5, 5.41) is 0. The number of amides is 1. The predicted molar refractivity (Wildman–Crippen MR) is 93.2 cm³/mol. The molecule has 2 unspecified atom stereocenters. The molecule has 2 heterocycles. The minimum absolute atomic E-state index is 0.0935. The molecule has 6 heteroatoms. The molecule has 1 fully saturated rings. The lowest BCUT2D eigenvalue weighted by atomic mass is 9.92. The van der Waals surface area contributed by atoms with Crippen molar-refractivity contribution in [1.29, 1.82) is 0 Å². The number of hydrogen-bond donors (Lipinski definition) is 1. The topological polar surface area (TPSA) is 72.4 Å². The highest BCUT2D eigenvalue weighted by molar-refractivity contribution is 5.76. The Bertz CT molecular complexity index is 729. The van der Waals surface area contributed by atoms with Gasteiger partial charge in [0.25, 0.3) is 0 Å². The number of nitrogens with zero attached hydrogens (tertiary/aromatic N) is 2. The number of carbonyl (C=O) groups excluding carboxylic acids is 1. The van der Waals surface area contributed by atoms with Crippen molar-refractivity contribution in [1.82, 2.24) is 9.88 Å². The molecule has 25 heavy (non-hydrogen) atoms. The number of hydrogen-bond acceptors (Lipinski definition) is 4. The fourth-order valence-corrected chi connectivity index (χ4v) is 3.25. The van der Waals surface area contributed by atoms with Crippen LogP contribution in [0.15, 0.2) is 34.9 Å². The zero-order valence-corrected chi connectivity index (χ0v) is 14.5. The third-order valence-corrected chi connectivity index (χ3v) is 4.80. The molecule has 0 bridgehead atoms. The van der Waals surface area contributed by atoms with E-state index in [4.69, 9.17) is 10.2 Å². The second-order valence-corrected chi connectivity index (χ2v) is 6.70. The Labute approximate surface area is 147 Å². The van der Waals surface area contributed by atoms with Crippen LogP contribution in [0, 0.1) is 11.7 Å². The van der Waals surface area contributed by atoms with Crippen molar-refractivity contribution >= 4 is 5.91 Å². The number of aryl methyl sites for hydroxylation is 1. The number of aromatic nitrogens is 1. The quantitative estimate of drug-likeness (QED) is 0.904. The maximum atomic E-state index is 13.8. The van der Waals surface area contributed by atoms with Gasteiger partial charge in [-0.15, -0.1) is 0 Å². The van der Waals surface area contributed by atoms with Crippen LogP contribution < -0.4 is 5.73 Å². The third kappa shape index (κ3) is 4.25. The highest BCUT2D eigenvalue weighted by atomic mass is 19.1. The van der Waals surface area contributed by atoms with E-state index >= 15 is 0 Å². The van der Waals surface area contributed by atoms with Gasteiger partial charge in [0.2, 0.25) is 5.91 Å². The van der Waals surface area contributed by atoms with E-state index in [1.165, 1.54) is 12.3 Å². The van der Waals surface area contributed by atoms with E-state index in [-0.39, 0.29) is 17.8 Å². The number of piperidine rings is 1. The normalized spacial score (nSPS) is 19.0. The highest BCUT2D eigenvalue weighted by Gasteiger charge is 2.25. The smallest absolute Gasteiger partial charge is 0.223 e. The van der Waals surface area contributed by atoms with Crippen LogP contribution in [0.25, 0.3) is 11.3 Å². The molecular formula is C19H24FN3O2. The summed E-state index contributed by atoms with van der Waals surface area (Å²) in [6.45, 7) is 3.51. The molecule has 1 aliphatic rings. The lowest BCUT2D eigenvalue weighted by molar-refractivity contribution is -0.133. The first kappa shape index (κ1) is 17.6. The molecular weight excluding hydrogens is 321 g/mol. The molecule has 1 aliphatic heterocycles. The van der Waals surface area contributed by atoms with Crippen LogP contribution >= 0.6 is 0 Å². The fourth-order valence-electron chi connectivity index (χ4n) is 3.25. The molecule has 1 aromatic carbocycles. The van der Waals surface area contributed by atoms with Gasteiger partial charge in [-0.25, -0.2) is 9.37 Å². The van der Waals surface area contributed by atoms with Crippen LogP contribution in [-0.2, 0) is 11.2 Å². The largest absolute Gasteiger partial charge is 0.441 e. The van der Waals surface area contributed by atoms with Gasteiger partial charge < -0.3 is 15.1 Å². The summed E-state index contributed by atoms with van der Waals surface area (Å²) in [5.41, 5.74) is 6.35. The van der Waals surface area contributed by atoms with Crippen molar-refractivity contribution in [2.75, 3.05) is 13.1 Å². The lowest BCUT2D eigenvalue weighted by Crippen LogP contribution is -2.45. The summed E-state index contributed by atoms with van der Waals surface area (Å²) in [6, 6.07) is 6.50. The van der Waals surface area contributed by atoms with Crippen LogP contribution in [0.4, 0.5) is 4.39 Å². The van der Waals surface area contributed by atoms with Gasteiger partial charge in [0, 0.05) is 32.0 Å². The first-order valence-electron chi connectivity index (χ1n) is 8.77. The van der Waals surface area contributed by atoms with Crippen molar-refractivity contribution in [2.45, 2.75) is 38.6 Å². The molecule has 1 amide bonds. The Hall–Kier alpha value is -2.21. The minimum atomic E-state index is -0.350. The Morgan fingerprint density at radius 3 is 3.04 bits per heavy atom. The molecule has 0 aliphatic carbocycles. The SMILES string of the molecule is CC(N)C1CCCN(C(=O)CCc2ncc(-c3ccccc3F)o2)C1. The molecule has 5 nitrogen and oxygen atoms in total. The molecule has 2 aromatic rings. The zero-order valence-electron chi connectivity index (χ0n) is 14.5. The molecule has 0 radical (unpaired) electrons. The third-order valence-electron chi connectivity index (χ3n) is 4.80. The maximum Gasteiger partial charge on any atom is 0.223 e. The minimum Gasteiger partial charge on any atom is -0.441 e. The number of nitrogens with two attached hydrogens (primary N) is 1. The summed E-state index contributed by atoms with van der Waals surface area (Å²) in [4.78, 5) is 18.5. The monoisotopic (exact) mass is 345 g/mol. The van der Waals surface area contributed by atoms with Crippen molar-refractivity contribution in [3.63, 3.8) is 0 Å². The summed E-state index contributed by atoms with van der Waals surface area (Å²) < 4.78 is 19.4. The first-order chi connectivity index (χ1) is 12.0. The fraction of sp³-hybridized carbons (Fsp3) is 0.474. The van der Waals surface area contributed by atoms with Gasteiger partial charge in [0.1, 0.15) is 5.82 Å². The van der Waals surface area contributed by atoms with Crippen LogP contribution in [-0.4, -0.2) is 34.9 Å². The van der Waals surface area contributed by atoms with Crippen LogP contribution in [0.2, 0.25) is 0 Å². The Morgan fingerprint density at radius 1 is 1.48 bits per heavy atom. The van der Waals surface area contributed by atoms with Gasteiger partial charge in [-0.05, 0) is 37.8 Å². The molecule has 0 saturated carbocycles. The van der Waals surface area contributed by atoms with Gasteiger partial charge in [-0.2, -0.15) is 0 Å². The van der Waals surface area contributed by atoms with Crippen LogP contribution in [0.1, 0.15) is 32.1 Å². The van der Waals surface area contributed by atoms with Gasteiger partial charge in [-0.3, -0.25) is 4.79 Å². The average molecular weight is 345 g/mol. The van der Waals surface area contributed by atoms with Crippen molar-refractivity contribution in [3.05, 3.63) is 42.2 Å². The second kappa shape index (κ2) is 7.78. The van der Waals surface area contributed by atoms with Gasteiger partial charge in [0.15, 0.2) is 11.7 Å². The van der Waals surface area contributed by atoms with Gasteiger partial charge >= 0.3 is 0 Å². The Morgan fingerprint density at radius 2 is 2.28 bits per heavy atom. The summed E-state index contributed by atoms with van der Waals surface area (Å²) in [7, 11) is 0. The highest BCUT2D eigenvalue weighted by Crippen LogP contribution is 2.24. The number of benzene rings is 1. The van der Waals surface area contributed by atoms with Crippen molar-refractivity contribution in [3.8, 4) is 11.3 Å². The second-order valence-electron chi connectivity index (χ2n) is 6.70. The van der Waals surface area contributed by atoms with E-state index in [1.807, 2.05) is 11.8 Å². The maximum absolute atomic E-state index is 13.8. The van der Waals surface area contributed by atoms with Crippen molar-refractivity contribution < 1.29 is 13.6 Å². The van der Waals surface area contributed by atoms with E-state index in [0.29, 0.717) is 36.0 Å². The average Bonchev–Trinajstić information content (AvgIpc) is 3.09. The van der Waals surface area contributed by atoms with E-state index in [9.17, 15) is 9.18 Å². The van der Waals surface area contributed by atoms with E-state index in [2.05, 4.69) is 4.98 Å². The molecule has 0 spiro atoms. The molecule has 2 N–H and O–H groups in total. The first-order valence-corrected chi connectivity index (χ1v) is 8.77. The number of oxazole rings is 1. The molecule has 134 valence electrons. The predicted octanol–water partition coefficient (Wildman–Crippen LogP) is 3.00. The standard InChI is InChI=1S/C19H24FN3O2/c1-13(21)14-5-4-10-23(12-14)19(24)9-8-18-22-11-17(25-18)15-6-2-3-7-16(15)20/h2-3,6-7,11,13-14H,4-5,8-10,12,21H2,1H3. The van der Waals surface area contributed by atoms with Crippen LogP contribution in [0.3, 0.4) is 0 Å². The van der Waals surface area contributed by atoms with Crippen LogP contribution in [0.5, 0.6) is 0 Å². The van der Waals surface area contributed by atoms with E-state index < -0.39 is 0 Å². The molecule has 2 atom stereocenters. The summed E-state index contributed by atoms with van der Waals surface area (Å²) in [5.74, 6) is 0.947. The number of carbonyl (C=O) groups is 1. The zero-order chi connectivity index (χ0) is 17.8. The van der Waals surface area contributed by atoms with E-state index in [0.717, 1.165) is 25.9 Å². The van der Waals surface area contributed by atoms with Gasteiger partial charge in [-0.1, -0.05) is 12.1 Å². The van der Waals surface area contributed by atoms with Crippen molar-refractivity contribution in [2.24, 2.45) is 11.7 Å². The lowest BCUT2D eigenvalue weighted by Gasteiger charge is -2.34. The number of halogens is 1.